The molecule has 6 heteroatoms. The summed E-state index contributed by atoms with van der Waals surface area (Å²) in [5, 5.41) is 8.71. The van der Waals surface area contributed by atoms with E-state index in [0.29, 0.717) is 16.4 Å². The molecule has 1 amide bonds. The Labute approximate surface area is 128 Å². The second-order valence-electron chi connectivity index (χ2n) is 4.92. The smallest absolute Gasteiger partial charge is 0.261 e. The Hall–Kier alpha value is -2.14. The second kappa shape index (κ2) is 5.33. The Balaban J connectivity index is 2.28. The molecule has 0 atom stereocenters. The minimum absolute atomic E-state index is 0.109. The third-order valence-corrected chi connectivity index (χ3v) is 3.76. The first-order valence-electron chi connectivity index (χ1n) is 6.80. The third-order valence-electron chi connectivity index (χ3n) is 3.53. The summed E-state index contributed by atoms with van der Waals surface area (Å²) < 4.78 is 0. The maximum atomic E-state index is 12.6. The lowest BCUT2D eigenvalue weighted by Crippen LogP contribution is -2.25. The number of carbonyl (C=O) groups is 1. The van der Waals surface area contributed by atoms with Crippen molar-refractivity contribution in [3.05, 3.63) is 41.0 Å². The molecule has 1 aliphatic rings. The van der Waals surface area contributed by atoms with Gasteiger partial charge in [-0.3, -0.25) is 4.79 Å². The normalized spacial score (nSPS) is 13.8. The van der Waals surface area contributed by atoms with Crippen molar-refractivity contribution in [3.8, 4) is 0 Å². The number of hydrogen-bond acceptors (Lipinski definition) is 4. The number of aromatic nitrogens is 2. The third kappa shape index (κ3) is 2.23. The van der Waals surface area contributed by atoms with Gasteiger partial charge >= 0.3 is 0 Å². The quantitative estimate of drug-likeness (QED) is 0.854. The molecular formula is C15H15ClN4O. The van der Waals surface area contributed by atoms with E-state index in [4.69, 9.17) is 11.6 Å². The molecule has 0 radical (unpaired) electrons. The predicted octanol–water partition coefficient (Wildman–Crippen LogP) is 3.27. The highest BCUT2D eigenvalue weighted by molar-refractivity contribution is 6.31. The number of anilines is 3. The zero-order valence-electron chi connectivity index (χ0n) is 11.9. The Bertz CT molecular complexity index is 704. The summed E-state index contributed by atoms with van der Waals surface area (Å²) in [5.41, 5.74) is 2.24. The van der Waals surface area contributed by atoms with Gasteiger partial charge in [0, 0.05) is 18.6 Å². The van der Waals surface area contributed by atoms with Gasteiger partial charge in [-0.05, 0) is 30.7 Å². The minimum atomic E-state index is -0.109. The summed E-state index contributed by atoms with van der Waals surface area (Å²) in [4.78, 5) is 16.3. The van der Waals surface area contributed by atoms with E-state index >= 15 is 0 Å². The van der Waals surface area contributed by atoms with Crippen LogP contribution in [0, 0.1) is 0 Å². The van der Waals surface area contributed by atoms with Gasteiger partial charge in [0.15, 0.2) is 5.82 Å². The molecule has 2 aromatic rings. The van der Waals surface area contributed by atoms with Gasteiger partial charge in [-0.2, -0.15) is 5.10 Å². The van der Waals surface area contributed by atoms with E-state index in [-0.39, 0.29) is 5.91 Å². The summed E-state index contributed by atoms with van der Waals surface area (Å²) in [6.45, 7) is 2.84. The van der Waals surface area contributed by atoms with Crippen LogP contribution in [0.1, 0.15) is 23.7 Å². The standard InChI is InChI=1S/C15H15ClN4O/c1-3-8-20-12-5-4-10(16)9-13(12)19(2)15(21)11-6-7-17-18-14(11)20/h4-7,9H,3,8H2,1-2H3. The molecular weight excluding hydrogens is 288 g/mol. The van der Waals surface area contributed by atoms with Crippen molar-refractivity contribution in [2.24, 2.45) is 0 Å². The van der Waals surface area contributed by atoms with Crippen LogP contribution >= 0.6 is 11.6 Å². The van der Waals surface area contributed by atoms with Crippen LogP contribution in [0.3, 0.4) is 0 Å². The van der Waals surface area contributed by atoms with E-state index < -0.39 is 0 Å². The number of carbonyl (C=O) groups excluding carboxylic acids is 1. The maximum absolute atomic E-state index is 12.6. The second-order valence-corrected chi connectivity index (χ2v) is 5.35. The van der Waals surface area contributed by atoms with Crippen LogP contribution in [-0.2, 0) is 0 Å². The lowest BCUT2D eigenvalue weighted by molar-refractivity contribution is 0.0994. The van der Waals surface area contributed by atoms with Crippen molar-refractivity contribution in [2.45, 2.75) is 13.3 Å². The Kier molecular flexibility index (Phi) is 3.51. The molecule has 0 aliphatic carbocycles. The average Bonchev–Trinajstić information content (AvgIpc) is 2.58. The van der Waals surface area contributed by atoms with E-state index in [0.717, 1.165) is 24.3 Å². The number of benzene rings is 1. The topological polar surface area (TPSA) is 49.3 Å². The van der Waals surface area contributed by atoms with Crippen LogP contribution in [0.5, 0.6) is 0 Å². The van der Waals surface area contributed by atoms with E-state index in [1.807, 2.05) is 17.0 Å². The summed E-state index contributed by atoms with van der Waals surface area (Å²) in [6.07, 6.45) is 2.47. The monoisotopic (exact) mass is 302 g/mol. The molecule has 0 saturated carbocycles. The van der Waals surface area contributed by atoms with Crippen molar-refractivity contribution >= 4 is 34.7 Å². The highest BCUT2D eigenvalue weighted by Gasteiger charge is 2.29. The summed E-state index contributed by atoms with van der Waals surface area (Å²) in [7, 11) is 1.75. The number of nitrogens with zero attached hydrogens (tertiary/aromatic N) is 4. The Morgan fingerprint density at radius 1 is 1.24 bits per heavy atom. The van der Waals surface area contributed by atoms with E-state index in [1.165, 1.54) is 6.20 Å². The zero-order valence-corrected chi connectivity index (χ0v) is 12.6. The van der Waals surface area contributed by atoms with Crippen LogP contribution in [0.4, 0.5) is 17.2 Å². The number of rotatable bonds is 2. The largest absolute Gasteiger partial charge is 0.322 e. The predicted molar refractivity (Wildman–Crippen MR) is 83.5 cm³/mol. The van der Waals surface area contributed by atoms with Crippen molar-refractivity contribution in [2.75, 3.05) is 23.4 Å². The molecule has 0 saturated heterocycles. The average molecular weight is 303 g/mol. The van der Waals surface area contributed by atoms with Gasteiger partial charge in [0.05, 0.1) is 23.1 Å². The molecule has 2 heterocycles. The SMILES string of the molecule is CCCN1c2ccc(Cl)cc2N(C)C(=O)c2ccnnc21. The maximum Gasteiger partial charge on any atom is 0.261 e. The molecule has 0 spiro atoms. The van der Waals surface area contributed by atoms with Gasteiger partial charge in [0.2, 0.25) is 0 Å². The van der Waals surface area contributed by atoms with Crippen LogP contribution < -0.4 is 9.80 Å². The fourth-order valence-corrected chi connectivity index (χ4v) is 2.70. The van der Waals surface area contributed by atoms with Crippen LogP contribution in [0.25, 0.3) is 0 Å². The van der Waals surface area contributed by atoms with Crippen LogP contribution in [-0.4, -0.2) is 29.7 Å². The van der Waals surface area contributed by atoms with Gasteiger partial charge in [-0.15, -0.1) is 5.10 Å². The van der Waals surface area contributed by atoms with Gasteiger partial charge in [-0.25, -0.2) is 0 Å². The number of amides is 1. The molecule has 1 aromatic carbocycles. The van der Waals surface area contributed by atoms with E-state index in [2.05, 4.69) is 17.1 Å². The van der Waals surface area contributed by atoms with Gasteiger partial charge in [0.1, 0.15) is 0 Å². The Morgan fingerprint density at radius 3 is 2.81 bits per heavy atom. The molecule has 0 N–H and O–H groups in total. The van der Waals surface area contributed by atoms with Crippen molar-refractivity contribution in [1.82, 2.24) is 10.2 Å². The lowest BCUT2D eigenvalue weighted by Gasteiger charge is -2.24. The number of fused-ring (bicyclic) bond motifs is 2. The van der Waals surface area contributed by atoms with Crippen molar-refractivity contribution in [1.29, 1.82) is 0 Å². The fourth-order valence-electron chi connectivity index (χ4n) is 2.54. The van der Waals surface area contributed by atoms with Gasteiger partial charge in [0.25, 0.3) is 5.91 Å². The van der Waals surface area contributed by atoms with Crippen LogP contribution in [0.2, 0.25) is 5.02 Å². The Morgan fingerprint density at radius 2 is 2.05 bits per heavy atom. The minimum Gasteiger partial charge on any atom is -0.322 e. The number of hydrogen-bond donors (Lipinski definition) is 0. The molecule has 1 aliphatic heterocycles. The lowest BCUT2D eigenvalue weighted by atomic mass is 10.2. The summed E-state index contributed by atoms with van der Waals surface area (Å²) in [5.74, 6) is 0.485. The summed E-state index contributed by atoms with van der Waals surface area (Å²) >= 11 is 6.09. The highest BCUT2D eigenvalue weighted by Crippen LogP contribution is 2.40. The van der Waals surface area contributed by atoms with Gasteiger partial charge in [-0.1, -0.05) is 18.5 Å². The first kappa shape index (κ1) is 13.8. The van der Waals surface area contributed by atoms with Crippen LogP contribution in [0.15, 0.2) is 30.5 Å². The molecule has 1 aromatic heterocycles. The first-order chi connectivity index (χ1) is 10.1. The van der Waals surface area contributed by atoms with E-state index in [9.17, 15) is 4.79 Å². The zero-order chi connectivity index (χ0) is 15.0. The van der Waals surface area contributed by atoms with E-state index in [1.54, 1.807) is 24.1 Å². The summed E-state index contributed by atoms with van der Waals surface area (Å²) in [6, 6.07) is 7.25. The number of halogens is 1. The molecule has 5 nitrogen and oxygen atoms in total. The molecule has 108 valence electrons. The molecule has 21 heavy (non-hydrogen) atoms. The molecule has 0 fully saturated rings. The molecule has 0 unspecified atom stereocenters. The van der Waals surface area contributed by atoms with Gasteiger partial charge < -0.3 is 9.80 Å². The van der Waals surface area contributed by atoms with Crippen molar-refractivity contribution in [3.63, 3.8) is 0 Å². The molecule has 0 bridgehead atoms. The first-order valence-corrected chi connectivity index (χ1v) is 7.18. The highest BCUT2D eigenvalue weighted by atomic mass is 35.5. The van der Waals surface area contributed by atoms with Crippen molar-refractivity contribution < 1.29 is 4.79 Å². The molecule has 3 rings (SSSR count). The fraction of sp³-hybridized carbons (Fsp3) is 0.267.